The molecule has 3 N–H and O–H groups in total. The maximum absolute atomic E-state index is 13.1. The van der Waals surface area contributed by atoms with Gasteiger partial charge in [-0.2, -0.15) is 5.10 Å². The zero-order valence-corrected chi connectivity index (χ0v) is 15.9. The van der Waals surface area contributed by atoms with Crippen LogP contribution < -0.4 is 5.43 Å². The van der Waals surface area contributed by atoms with Crippen LogP contribution in [0.2, 0.25) is 0 Å². The number of amides is 1. The van der Waals surface area contributed by atoms with Crippen molar-refractivity contribution in [1.82, 2.24) is 5.43 Å². The van der Waals surface area contributed by atoms with E-state index in [4.69, 9.17) is 0 Å². The monoisotopic (exact) mass is 394 g/mol. The van der Waals surface area contributed by atoms with Crippen molar-refractivity contribution in [2.75, 3.05) is 0 Å². The molecule has 0 saturated heterocycles. The molecule has 146 valence electrons. The first-order valence-electron chi connectivity index (χ1n) is 9.56. The molecule has 0 atom stereocenters. The largest absolute Gasteiger partial charge is 0.507 e. The van der Waals surface area contributed by atoms with E-state index in [0.29, 0.717) is 16.7 Å². The second-order valence-corrected chi connectivity index (χ2v) is 7.22. The quantitative estimate of drug-likeness (QED) is 0.364. The Kier molecular flexibility index (Phi) is 4.12. The smallest absolute Gasteiger partial charge is 0.281 e. The Morgan fingerprint density at radius 2 is 1.43 bits per heavy atom. The van der Waals surface area contributed by atoms with E-state index in [-0.39, 0.29) is 5.75 Å². The lowest BCUT2D eigenvalue weighted by atomic mass is 9.91. The van der Waals surface area contributed by atoms with Gasteiger partial charge >= 0.3 is 0 Å². The third-order valence-corrected chi connectivity index (χ3v) is 5.56. The maximum Gasteiger partial charge on any atom is 0.281 e. The molecule has 0 spiro atoms. The van der Waals surface area contributed by atoms with Gasteiger partial charge in [0, 0.05) is 16.7 Å². The molecule has 1 amide bonds. The minimum Gasteiger partial charge on any atom is -0.507 e. The van der Waals surface area contributed by atoms with Crippen molar-refractivity contribution < 1.29 is 15.0 Å². The van der Waals surface area contributed by atoms with Crippen molar-refractivity contribution in [3.63, 3.8) is 0 Å². The minimum absolute atomic E-state index is 0.0574. The van der Waals surface area contributed by atoms with E-state index in [1.165, 1.54) is 6.21 Å². The molecule has 4 aromatic carbocycles. The average molecular weight is 394 g/mol. The van der Waals surface area contributed by atoms with Crippen LogP contribution in [-0.2, 0) is 10.4 Å². The standard InChI is InChI=1S/C25H18N2O3/c28-23-14-13-16-7-1-2-8-17(16)20(23)15-26-27-24(29)25(30)21-11-5-3-9-18(21)19-10-4-6-12-22(19)25/h1-15,28,30H,(H,27,29)/b26-15+. The number of phenolic OH excluding ortho intramolecular Hbond substituents is 1. The number of phenols is 1. The SMILES string of the molecule is O=C(N/N=C/c1c(O)ccc2ccccc12)C1(O)c2ccccc2-c2ccccc21. The van der Waals surface area contributed by atoms with Gasteiger partial charge in [-0.3, -0.25) is 4.79 Å². The van der Waals surface area contributed by atoms with Crippen molar-refractivity contribution in [3.05, 3.63) is 102 Å². The summed E-state index contributed by atoms with van der Waals surface area (Å²) in [6.45, 7) is 0. The zero-order valence-electron chi connectivity index (χ0n) is 15.9. The van der Waals surface area contributed by atoms with E-state index in [2.05, 4.69) is 10.5 Å². The lowest BCUT2D eigenvalue weighted by molar-refractivity contribution is -0.136. The van der Waals surface area contributed by atoms with Crippen LogP contribution in [0.25, 0.3) is 21.9 Å². The predicted molar refractivity (Wildman–Crippen MR) is 116 cm³/mol. The number of carbonyl (C=O) groups excluding carboxylic acids is 1. The highest BCUT2D eigenvalue weighted by molar-refractivity contribution is 6.03. The molecule has 4 aromatic rings. The van der Waals surface area contributed by atoms with Gasteiger partial charge in [0.25, 0.3) is 5.91 Å². The van der Waals surface area contributed by atoms with Crippen LogP contribution in [0.3, 0.4) is 0 Å². The molecule has 5 heteroatoms. The first-order chi connectivity index (χ1) is 14.6. The summed E-state index contributed by atoms with van der Waals surface area (Å²) < 4.78 is 0. The fraction of sp³-hybridized carbons (Fsp3) is 0.0400. The molecular formula is C25H18N2O3. The van der Waals surface area contributed by atoms with Crippen molar-refractivity contribution in [1.29, 1.82) is 0 Å². The Balaban J connectivity index is 1.51. The Morgan fingerprint density at radius 1 is 0.833 bits per heavy atom. The minimum atomic E-state index is -1.84. The maximum atomic E-state index is 13.1. The van der Waals surface area contributed by atoms with Gasteiger partial charge in [0.2, 0.25) is 0 Å². The van der Waals surface area contributed by atoms with Crippen LogP contribution >= 0.6 is 0 Å². The number of fused-ring (bicyclic) bond motifs is 4. The molecule has 1 aliphatic carbocycles. The number of carbonyl (C=O) groups is 1. The fourth-order valence-electron chi connectivity index (χ4n) is 4.11. The number of hydrogen-bond acceptors (Lipinski definition) is 4. The predicted octanol–water partition coefficient (Wildman–Crippen LogP) is 3.91. The molecule has 0 heterocycles. The topological polar surface area (TPSA) is 81.9 Å². The number of aliphatic hydroxyl groups is 1. The summed E-state index contributed by atoms with van der Waals surface area (Å²) in [6.07, 6.45) is 1.39. The van der Waals surface area contributed by atoms with Gasteiger partial charge in [-0.25, -0.2) is 5.43 Å². The first-order valence-corrected chi connectivity index (χ1v) is 9.56. The molecule has 0 aliphatic heterocycles. The number of nitrogens with zero attached hydrogens (tertiary/aromatic N) is 1. The van der Waals surface area contributed by atoms with E-state index < -0.39 is 11.5 Å². The fourth-order valence-corrected chi connectivity index (χ4v) is 4.11. The number of hydrazone groups is 1. The Labute approximate surface area is 172 Å². The van der Waals surface area contributed by atoms with Gasteiger partial charge in [0.1, 0.15) is 5.75 Å². The molecule has 0 unspecified atom stereocenters. The first kappa shape index (κ1) is 18.1. The van der Waals surface area contributed by atoms with E-state index in [0.717, 1.165) is 21.9 Å². The summed E-state index contributed by atoms with van der Waals surface area (Å²) in [7, 11) is 0. The van der Waals surface area contributed by atoms with Gasteiger partial charge in [-0.15, -0.1) is 0 Å². The highest BCUT2D eigenvalue weighted by atomic mass is 16.3. The molecule has 0 bridgehead atoms. The molecule has 5 rings (SSSR count). The Bertz CT molecular complexity index is 1280. The average Bonchev–Trinajstić information content (AvgIpc) is 3.05. The summed E-state index contributed by atoms with van der Waals surface area (Å²) in [4.78, 5) is 13.1. The highest BCUT2D eigenvalue weighted by Gasteiger charge is 2.47. The highest BCUT2D eigenvalue weighted by Crippen LogP contribution is 2.47. The molecule has 30 heavy (non-hydrogen) atoms. The van der Waals surface area contributed by atoms with E-state index in [9.17, 15) is 15.0 Å². The van der Waals surface area contributed by atoms with Crippen LogP contribution in [-0.4, -0.2) is 22.3 Å². The van der Waals surface area contributed by atoms with Crippen molar-refractivity contribution in [3.8, 4) is 16.9 Å². The normalized spacial score (nSPS) is 13.9. The van der Waals surface area contributed by atoms with Gasteiger partial charge in [0.15, 0.2) is 5.60 Å². The van der Waals surface area contributed by atoms with Crippen molar-refractivity contribution in [2.24, 2.45) is 5.10 Å². The van der Waals surface area contributed by atoms with Gasteiger partial charge in [0.05, 0.1) is 6.21 Å². The Morgan fingerprint density at radius 3 is 2.13 bits per heavy atom. The third-order valence-electron chi connectivity index (χ3n) is 5.56. The zero-order chi connectivity index (χ0) is 20.7. The molecule has 0 aromatic heterocycles. The lowest BCUT2D eigenvalue weighted by Crippen LogP contribution is -2.42. The molecule has 0 fully saturated rings. The second-order valence-electron chi connectivity index (χ2n) is 7.22. The van der Waals surface area contributed by atoms with Crippen molar-refractivity contribution >= 4 is 22.9 Å². The number of nitrogens with one attached hydrogen (secondary N) is 1. The van der Waals surface area contributed by atoms with E-state index in [1.54, 1.807) is 30.3 Å². The van der Waals surface area contributed by atoms with Crippen LogP contribution in [0, 0.1) is 0 Å². The number of rotatable bonds is 3. The van der Waals surface area contributed by atoms with Gasteiger partial charge in [-0.05, 0) is 28.0 Å². The lowest BCUT2D eigenvalue weighted by Gasteiger charge is -2.23. The number of benzene rings is 4. The molecule has 0 radical (unpaired) electrons. The van der Waals surface area contributed by atoms with Crippen molar-refractivity contribution in [2.45, 2.75) is 5.60 Å². The number of aromatic hydroxyl groups is 1. The summed E-state index contributed by atoms with van der Waals surface area (Å²) in [5, 5.41) is 27.5. The van der Waals surface area contributed by atoms with Crippen LogP contribution in [0.15, 0.2) is 90.0 Å². The van der Waals surface area contributed by atoms with Gasteiger partial charge in [-0.1, -0.05) is 78.9 Å². The van der Waals surface area contributed by atoms with E-state index in [1.807, 2.05) is 54.6 Å². The molecular weight excluding hydrogens is 376 g/mol. The molecule has 5 nitrogen and oxygen atoms in total. The summed E-state index contributed by atoms with van der Waals surface area (Å²) in [6, 6.07) is 25.6. The third kappa shape index (κ3) is 2.60. The van der Waals surface area contributed by atoms with Gasteiger partial charge < -0.3 is 10.2 Å². The van der Waals surface area contributed by atoms with Crippen LogP contribution in [0.1, 0.15) is 16.7 Å². The summed E-state index contributed by atoms with van der Waals surface area (Å²) in [5.74, 6) is -0.599. The summed E-state index contributed by atoms with van der Waals surface area (Å²) >= 11 is 0. The summed E-state index contributed by atoms with van der Waals surface area (Å²) in [5.41, 5.74) is 3.79. The molecule has 1 aliphatic rings. The number of hydrogen-bond donors (Lipinski definition) is 3. The van der Waals surface area contributed by atoms with Crippen LogP contribution in [0.5, 0.6) is 5.75 Å². The Hall–Kier alpha value is -3.96. The second kappa shape index (κ2) is 6.83. The van der Waals surface area contributed by atoms with Crippen LogP contribution in [0.4, 0.5) is 0 Å². The molecule has 0 saturated carbocycles. The van der Waals surface area contributed by atoms with E-state index >= 15 is 0 Å².